The summed E-state index contributed by atoms with van der Waals surface area (Å²) in [6, 6.07) is 13.4. The number of ether oxygens (including phenoxy) is 2. The molecule has 1 amide bonds. The third-order valence-corrected chi connectivity index (χ3v) is 6.21. The van der Waals surface area contributed by atoms with E-state index in [-0.39, 0.29) is 24.1 Å². The van der Waals surface area contributed by atoms with E-state index in [1.54, 1.807) is 19.1 Å². The van der Waals surface area contributed by atoms with Crippen LogP contribution in [0.25, 0.3) is 5.82 Å². The zero-order valence-electron chi connectivity index (χ0n) is 18.8. The summed E-state index contributed by atoms with van der Waals surface area (Å²) in [6.07, 6.45) is 0. The maximum Gasteiger partial charge on any atom is 0.293 e. The molecule has 35 heavy (non-hydrogen) atoms. The third kappa shape index (κ3) is 4.66. The van der Waals surface area contributed by atoms with Gasteiger partial charge >= 0.3 is 0 Å². The Morgan fingerprint density at radius 1 is 1.17 bits per heavy atom. The predicted molar refractivity (Wildman–Crippen MR) is 127 cm³/mol. The van der Waals surface area contributed by atoms with Crippen molar-refractivity contribution in [3.8, 4) is 17.3 Å². The van der Waals surface area contributed by atoms with Gasteiger partial charge in [0.1, 0.15) is 0 Å². The predicted octanol–water partition coefficient (Wildman–Crippen LogP) is 2.72. The zero-order valence-corrected chi connectivity index (χ0v) is 19.6. The van der Waals surface area contributed by atoms with Crippen molar-refractivity contribution in [1.82, 2.24) is 30.7 Å². The van der Waals surface area contributed by atoms with Crippen molar-refractivity contribution >= 4 is 29.2 Å². The lowest BCUT2D eigenvalue weighted by Crippen LogP contribution is -2.21. The number of aryl methyl sites for hydroxylation is 1. The fourth-order valence-corrected chi connectivity index (χ4v) is 4.17. The number of hydrazone groups is 1. The van der Waals surface area contributed by atoms with Crippen LogP contribution in [-0.4, -0.2) is 43.7 Å². The molecule has 2 aromatic carbocycles. The molecule has 1 aliphatic heterocycles. The van der Waals surface area contributed by atoms with E-state index < -0.39 is 5.91 Å². The minimum Gasteiger partial charge on any atom is -0.454 e. The Kier molecular flexibility index (Phi) is 6.06. The average Bonchev–Trinajstić information content (AvgIpc) is 3.60. The number of nitrogens with zero attached hydrogens (tertiary/aromatic N) is 6. The molecule has 0 saturated carbocycles. The Labute approximate surface area is 203 Å². The van der Waals surface area contributed by atoms with Crippen LogP contribution in [0, 0.1) is 6.92 Å². The molecule has 12 nitrogen and oxygen atoms in total. The fourth-order valence-electron chi connectivity index (χ4n) is 3.28. The van der Waals surface area contributed by atoms with Crippen LogP contribution < -0.4 is 20.6 Å². The van der Waals surface area contributed by atoms with Gasteiger partial charge in [0.25, 0.3) is 5.91 Å². The third-order valence-electron chi connectivity index (χ3n) is 5.19. The van der Waals surface area contributed by atoms with Gasteiger partial charge in [0, 0.05) is 16.2 Å². The second-order valence-electron chi connectivity index (χ2n) is 7.58. The largest absolute Gasteiger partial charge is 0.454 e. The highest BCUT2D eigenvalue weighted by Crippen LogP contribution is 2.32. The Balaban J connectivity index is 1.39. The molecule has 13 heteroatoms. The van der Waals surface area contributed by atoms with Crippen molar-refractivity contribution in [2.45, 2.75) is 24.5 Å². The van der Waals surface area contributed by atoms with E-state index >= 15 is 0 Å². The molecule has 178 valence electrons. The summed E-state index contributed by atoms with van der Waals surface area (Å²) in [5.41, 5.74) is 11.4. The van der Waals surface area contributed by atoms with Gasteiger partial charge < -0.3 is 15.2 Å². The van der Waals surface area contributed by atoms with Gasteiger partial charge in [-0.25, -0.2) is 10.1 Å². The molecule has 0 saturated heterocycles. The lowest BCUT2D eigenvalue weighted by atomic mass is 10.1. The van der Waals surface area contributed by atoms with E-state index in [1.807, 2.05) is 37.3 Å². The van der Waals surface area contributed by atoms with Crippen LogP contribution in [0.3, 0.4) is 0 Å². The topological polar surface area (TPSA) is 156 Å². The minimum atomic E-state index is -0.536. The first-order chi connectivity index (χ1) is 17.0. The quantitative estimate of drug-likeness (QED) is 0.223. The number of nitrogens with one attached hydrogen (secondary N) is 1. The van der Waals surface area contributed by atoms with Crippen molar-refractivity contribution in [3.05, 3.63) is 65.0 Å². The van der Waals surface area contributed by atoms with E-state index in [9.17, 15) is 4.79 Å². The first kappa shape index (κ1) is 22.4. The lowest BCUT2D eigenvalue weighted by Gasteiger charge is -2.07. The Hall–Kier alpha value is -4.39. The van der Waals surface area contributed by atoms with Gasteiger partial charge in [-0.2, -0.15) is 9.78 Å². The highest BCUT2D eigenvalue weighted by Gasteiger charge is 2.24. The zero-order chi connectivity index (χ0) is 24.4. The molecule has 2 aromatic heterocycles. The molecule has 0 spiro atoms. The van der Waals surface area contributed by atoms with Crippen molar-refractivity contribution in [2.75, 3.05) is 12.5 Å². The SMILES string of the molecule is C/C(=N\NC(=O)c1nnn(-c2nonc2N)c1CSc1ccc(C)cc1)c1ccc2c(c1)OCO2. The van der Waals surface area contributed by atoms with Gasteiger partial charge in [-0.1, -0.05) is 22.9 Å². The summed E-state index contributed by atoms with van der Waals surface area (Å²) in [6.45, 7) is 3.96. The van der Waals surface area contributed by atoms with Gasteiger partial charge in [-0.3, -0.25) is 4.79 Å². The number of fused-ring (bicyclic) bond motifs is 1. The Bertz CT molecular complexity index is 1410. The highest BCUT2D eigenvalue weighted by molar-refractivity contribution is 7.98. The first-order valence-corrected chi connectivity index (χ1v) is 11.5. The smallest absolute Gasteiger partial charge is 0.293 e. The number of carbonyl (C=O) groups is 1. The second kappa shape index (κ2) is 9.46. The van der Waals surface area contributed by atoms with Crippen LogP contribution in [0.2, 0.25) is 0 Å². The van der Waals surface area contributed by atoms with Crippen LogP contribution in [-0.2, 0) is 5.75 Å². The number of nitrogens with two attached hydrogens (primary N) is 1. The van der Waals surface area contributed by atoms with Gasteiger partial charge in [-0.15, -0.1) is 16.9 Å². The molecular weight excluding hydrogens is 472 g/mol. The molecule has 1 aliphatic rings. The van der Waals surface area contributed by atoms with Crippen LogP contribution in [0.4, 0.5) is 5.82 Å². The average molecular weight is 493 g/mol. The maximum absolute atomic E-state index is 13.0. The summed E-state index contributed by atoms with van der Waals surface area (Å²) in [7, 11) is 0. The molecule has 0 aliphatic carbocycles. The molecule has 0 fully saturated rings. The van der Waals surface area contributed by atoms with Crippen LogP contribution in [0.15, 0.2) is 57.1 Å². The number of thioether (sulfide) groups is 1. The maximum atomic E-state index is 13.0. The normalized spacial score (nSPS) is 12.7. The number of aromatic nitrogens is 5. The van der Waals surface area contributed by atoms with E-state index in [1.165, 1.54) is 16.4 Å². The molecule has 0 radical (unpaired) electrons. The Morgan fingerprint density at radius 2 is 1.97 bits per heavy atom. The second-order valence-corrected chi connectivity index (χ2v) is 8.63. The summed E-state index contributed by atoms with van der Waals surface area (Å²) >= 11 is 1.51. The lowest BCUT2D eigenvalue weighted by molar-refractivity contribution is 0.0949. The molecule has 3 N–H and O–H groups in total. The summed E-state index contributed by atoms with van der Waals surface area (Å²) in [5.74, 6) is 1.29. The van der Waals surface area contributed by atoms with Gasteiger partial charge in [-0.05, 0) is 54.5 Å². The molecular formula is C22H20N8O4S. The first-order valence-electron chi connectivity index (χ1n) is 10.5. The number of hydrogen-bond acceptors (Lipinski definition) is 11. The number of nitrogen functional groups attached to an aromatic ring is 1. The number of anilines is 1. The fraction of sp³-hybridized carbons (Fsp3) is 0.182. The van der Waals surface area contributed by atoms with E-state index in [0.29, 0.717) is 28.7 Å². The van der Waals surface area contributed by atoms with Crippen LogP contribution in [0.5, 0.6) is 11.5 Å². The summed E-state index contributed by atoms with van der Waals surface area (Å²) in [5, 5.41) is 19.7. The van der Waals surface area contributed by atoms with E-state index in [2.05, 4.69) is 31.2 Å². The van der Waals surface area contributed by atoms with Crippen molar-refractivity contribution in [2.24, 2.45) is 5.10 Å². The molecule has 3 heterocycles. The number of hydrogen-bond donors (Lipinski definition) is 2. The number of rotatable bonds is 7. The molecule has 0 bridgehead atoms. The van der Waals surface area contributed by atoms with Crippen molar-refractivity contribution in [1.29, 1.82) is 0 Å². The number of benzene rings is 2. The molecule has 5 rings (SSSR count). The van der Waals surface area contributed by atoms with Gasteiger partial charge in [0.05, 0.1) is 11.4 Å². The Morgan fingerprint density at radius 3 is 2.74 bits per heavy atom. The van der Waals surface area contributed by atoms with Gasteiger partial charge in [0.2, 0.25) is 18.4 Å². The van der Waals surface area contributed by atoms with E-state index in [0.717, 1.165) is 16.0 Å². The van der Waals surface area contributed by atoms with Crippen molar-refractivity contribution < 1.29 is 18.9 Å². The van der Waals surface area contributed by atoms with E-state index in [4.69, 9.17) is 19.8 Å². The van der Waals surface area contributed by atoms with Crippen LogP contribution >= 0.6 is 11.8 Å². The number of amides is 1. The van der Waals surface area contributed by atoms with Gasteiger partial charge in [0.15, 0.2) is 17.2 Å². The standard InChI is InChI=1S/C22H20N8O4S/c1-12-3-6-15(7-4-12)35-10-16-19(25-29-30(16)21-20(23)27-34-28-21)22(31)26-24-13(2)14-5-8-17-18(9-14)33-11-32-17/h3-9H,10-11H2,1-2H3,(H2,23,27)(H,26,31)/b24-13+. The molecule has 0 atom stereocenters. The monoisotopic (exact) mass is 492 g/mol. The van der Waals surface area contributed by atoms with Crippen LogP contribution in [0.1, 0.15) is 34.2 Å². The number of carbonyl (C=O) groups excluding carboxylic acids is 1. The summed E-state index contributed by atoms with van der Waals surface area (Å²) in [4.78, 5) is 14.0. The molecule has 4 aromatic rings. The minimum absolute atomic E-state index is 0.0279. The molecule has 0 unspecified atom stereocenters. The summed E-state index contributed by atoms with van der Waals surface area (Å²) < 4.78 is 16.8. The van der Waals surface area contributed by atoms with Crippen molar-refractivity contribution in [3.63, 3.8) is 0 Å². The highest BCUT2D eigenvalue weighted by atomic mass is 32.2.